The second-order valence-corrected chi connectivity index (χ2v) is 9.89. The molecule has 2 heterocycles. The van der Waals surface area contributed by atoms with Crippen LogP contribution in [0.2, 0.25) is 0 Å². The minimum Gasteiger partial charge on any atom is -0.374 e. The van der Waals surface area contributed by atoms with Gasteiger partial charge in [-0.15, -0.1) is 11.6 Å². The zero-order valence-corrected chi connectivity index (χ0v) is 21.3. The fourth-order valence-electron chi connectivity index (χ4n) is 4.70. The number of nitrogens with one attached hydrogen (secondary N) is 1. The van der Waals surface area contributed by atoms with Crippen LogP contribution in [0.25, 0.3) is 16.5 Å². The van der Waals surface area contributed by atoms with Gasteiger partial charge in [-0.1, -0.05) is 65.5 Å². The summed E-state index contributed by atoms with van der Waals surface area (Å²) in [4.78, 5) is 5.90. The minimum atomic E-state index is -0.432. The average molecular weight is 469 g/mol. The Balaban J connectivity index is 2.00. The molecule has 4 heteroatoms. The lowest BCUT2D eigenvalue weighted by molar-refractivity contribution is 0.265. The number of allylic oxidation sites excluding steroid dienone is 6. The smallest absolute Gasteiger partial charge is 0.116 e. The van der Waals surface area contributed by atoms with E-state index in [9.17, 15) is 4.39 Å². The highest BCUT2D eigenvalue weighted by Gasteiger charge is 2.23. The van der Waals surface area contributed by atoms with Gasteiger partial charge in [-0.25, -0.2) is 4.39 Å². The molecule has 0 amide bonds. The van der Waals surface area contributed by atoms with Gasteiger partial charge in [-0.3, -0.25) is 0 Å². The van der Waals surface area contributed by atoms with Crippen LogP contribution < -0.4 is 0 Å². The lowest BCUT2D eigenvalue weighted by Gasteiger charge is -2.34. The number of piperidine rings is 1. The summed E-state index contributed by atoms with van der Waals surface area (Å²) in [6.45, 7) is 18.3. The number of hydrogen-bond donors (Lipinski definition) is 1. The molecule has 1 N–H and O–H groups in total. The molecule has 1 aliphatic heterocycles. The average Bonchev–Trinajstić information content (AvgIpc) is 3.19. The number of benzene rings is 1. The molecule has 0 aliphatic carbocycles. The van der Waals surface area contributed by atoms with Crippen molar-refractivity contribution in [3.63, 3.8) is 0 Å². The first kappa shape index (κ1) is 25.4. The second kappa shape index (κ2) is 11.2. The van der Waals surface area contributed by atoms with Gasteiger partial charge in [0.15, 0.2) is 0 Å². The number of likely N-dealkylation sites (tertiary alicyclic amines) is 1. The number of H-pyrrole nitrogens is 1. The molecule has 0 spiro atoms. The van der Waals surface area contributed by atoms with Crippen LogP contribution in [0, 0.1) is 5.92 Å². The first-order chi connectivity index (χ1) is 15.7. The molecule has 178 valence electrons. The molecule has 0 radical (unpaired) electrons. The Bertz CT molecular complexity index is 1050. The molecule has 1 atom stereocenters. The van der Waals surface area contributed by atoms with Crippen molar-refractivity contribution < 1.29 is 4.39 Å². The topological polar surface area (TPSA) is 19.0 Å². The fraction of sp³-hybridized carbons (Fsp3) is 0.448. The summed E-state index contributed by atoms with van der Waals surface area (Å²) in [5.41, 5.74) is 6.56. The monoisotopic (exact) mass is 468 g/mol. The van der Waals surface area contributed by atoms with Crippen molar-refractivity contribution in [1.82, 2.24) is 9.88 Å². The quantitative estimate of drug-likeness (QED) is 0.288. The minimum absolute atomic E-state index is 0.297. The molecule has 1 fully saturated rings. The number of aromatic nitrogens is 1. The summed E-state index contributed by atoms with van der Waals surface area (Å²) in [6, 6.07) is 6.78. The SMILES string of the molecule is C=C(F)/C=C(\C=C/C(C)CC)c1[nH]c2ccc(C3CCN(C(=C)CCl)CC3)cc2c1C(C)C. The molecule has 2 aromatic rings. The van der Waals surface area contributed by atoms with Crippen molar-refractivity contribution in [3.05, 3.63) is 77.9 Å². The summed E-state index contributed by atoms with van der Waals surface area (Å²) in [6.07, 6.45) is 8.97. The van der Waals surface area contributed by atoms with E-state index in [2.05, 4.69) is 75.0 Å². The van der Waals surface area contributed by atoms with Gasteiger partial charge >= 0.3 is 0 Å². The first-order valence-electron chi connectivity index (χ1n) is 12.1. The maximum Gasteiger partial charge on any atom is 0.116 e. The van der Waals surface area contributed by atoms with Gasteiger partial charge in [-0.05, 0) is 59.9 Å². The number of aromatic amines is 1. The largest absolute Gasteiger partial charge is 0.374 e. The van der Waals surface area contributed by atoms with Crippen molar-refractivity contribution in [3.8, 4) is 0 Å². The van der Waals surface area contributed by atoms with Crippen LogP contribution in [0.4, 0.5) is 4.39 Å². The van der Waals surface area contributed by atoms with E-state index >= 15 is 0 Å². The molecule has 1 aromatic carbocycles. The van der Waals surface area contributed by atoms with Crippen LogP contribution in [-0.4, -0.2) is 28.9 Å². The fourth-order valence-corrected chi connectivity index (χ4v) is 4.87. The van der Waals surface area contributed by atoms with E-state index in [-0.39, 0.29) is 0 Å². The van der Waals surface area contributed by atoms with Crippen LogP contribution in [0.3, 0.4) is 0 Å². The van der Waals surface area contributed by atoms with E-state index in [1.54, 1.807) is 0 Å². The van der Waals surface area contributed by atoms with Crippen LogP contribution in [0.1, 0.15) is 75.6 Å². The summed E-state index contributed by atoms with van der Waals surface area (Å²) in [5, 5.41) is 1.23. The maximum atomic E-state index is 13.9. The number of nitrogens with zero attached hydrogens (tertiary/aromatic N) is 1. The Morgan fingerprint density at radius 1 is 1.24 bits per heavy atom. The van der Waals surface area contributed by atoms with Gasteiger partial charge in [0.05, 0.1) is 11.6 Å². The molecule has 0 bridgehead atoms. The molecule has 1 unspecified atom stereocenters. The molecular weight excluding hydrogens is 431 g/mol. The zero-order valence-electron chi connectivity index (χ0n) is 20.6. The van der Waals surface area contributed by atoms with Crippen molar-refractivity contribution in [2.75, 3.05) is 19.0 Å². The van der Waals surface area contributed by atoms with E-state index in [1.807, 2.05) is 6.08 Å². The lowest BCUT2D eigenvalue weighted by Crippen LogP contribution is -2.32. The highest BCUT2D eigenvalue weighted by atomic mass is 35.5. The standard InChI is InChI=1S/C29H38ClFN2/c1-7-20(4)8-9-25(16-21(5)31)29-28(19(2)3)26-17-24(10-11-27(26)32-29)23-12-14-33(15-13-23)22(6)18-30/h8-11,16-17,19-20,23,32H,5-7,12-15,18H2,1-4H3/b9-8-,25-16+. The van der Waals surface area contributed by atoms with E-state index in [0.717, 1.165) is 54.8 Å². The van der Waals surface area contributed by atoms with Gasteiger partial charge < -0.3 is 9.88 Å². The Morgan fingerprint density at radius 2 is 1.94 bits per heavy atom. The van der Waals surface area contributed by atoms with E-state index in [1.165, 1.54) is 22.6 Å². The molecular formula is C29H38ClFN2. The van der Waals surface area contributed by atoms with Crippen LogP contribution in [0.5, 0.6) is 0 Å². The van der Waals surface area contributed by atoms with Crippen molar-refractivity contribution >= 4 is 28.1 Å². The normalized spacial score (nSPS) is 16.8. The van der Waals surface area contributed by atoms with E-state index in [0.29, 0.717) is 23.6 Å². The van der Waals surface area contributed by atoms with Gasteiger partial charge in [0.25, 0.3) is 0 Å². The molecule has 0 saturated carbocycles. The van der Waals surface area contributed by atoms with Crippen LogP contribution in [0.15, 0.2) is 61.1 Å². The van der Waals surface area contributed by atoms with Crippen molar-refractivity contribution in [2.24, 2.45) is 5.92 Å². The van der Waals surface area contributed by atoms with Gasteiger partial charge in [0.1, 0.15) is 5.83 Å². The van der Waals surface area contributed by atoms with Gasteiger partial charge in [0.2, 0.25) is 0 Å². The highest BCUT2D eigenvalue weighted by molar-refractivity contribution is 6.19. The van der Waals surface area contributed by atoms with E-state index < -0.39 is 5.83 Å². The van der Waals surface area contributed by atoms with Crippen molar-refractivity contribution in [2.45, 2.75) is 58.8 Å². The third kappa shape index (κ3) is 6.00. The van der Waals surface area contributed by atoms with E-state index in [4.69, 9.17) is 11.6 Å². The molecule has 2 nitrogen and oxygen atoms in total. The van der Waals surface area contributed by atoms with Gasteiger partial charge in [-0.2, -0.15) is 0 Å². The number of rotatable bonds is 9. The third-order valence-electron chi connectivity index (χ3n) is 6.86. The molecule has 1 aromatic heterocycles. The van der Waals surface area contributed by atoms with Crippen molar-refractivity contribution in [1.29, 1.82) is 0 Å². The number of halogens is 2. The van der Waals surface area contributed by atoms with Crippen LogP contribution >= 0.6 is 11.6 Å². The van der Waals surface area contributed by atoms with Crippen LogP contribution in [-0.2, 0) is 0 Å². The first-order valence-corrected chi connectivity index (χ1v) is 12.7. The summed E-state index contributed by atoms with van der Waals surface area (Å²) in [5.74, 6) is 1.32. The Kier molecular flexibility index (Phi) is 8.64. The van der Waals surface area contributed by atoms with Gasteiger partial charge in [0, 0.05) is 35.3 Å². The third-order valence-corrected chi connectivity index (χ3v) is 7.17. The Morgan fingerprint density at radius 3 is 2.52 bits per heavy atom. The predicted molar refractivity (Wildman–Crippen MR) is 143 cm³/mol. The molecule has 1 aliphatic rings. The molecule has 1 saturated heterocycles. The zero-order chi connectivity index (χ0) is 24.1. The lowest BCUT2D eigenvalue weighted by atomic mass is 9.87. The maximum absolute atomic E-state index is 13.9. The number of alkyl halides is 1. The number of fused-ring (bicyclic) bond motifs is 1. The number of hydrogen-bond acceptors (Lipinski definition) is 1. The second-order valence-electron chi connectivity index (χ2n) is 9.63. The Labute approximate surface area is 203 Å². The summed E-state index contributed by atoms with van der Waals surface area (Å²) >= 11 is 5.98. The predicted octanol–water partition coefficient (Wildman–Crippen LogP) is 8.69. The highest BCUT2D eigenvalue weighted by Crippen LogP contribution is 2.37. The Hall–Kier alpha value is -2.26. The summed E-state index contributed by atoms with van der Waals surface area (Å²) < 4.78 is 13.9. The molecule has 33 heavy (non-hydrogen) atoms. The molecule has 3 rings (SSSR count). The summed E-state index contributed by atoms with van der Waals surface area (Å²) in [7, 11) is 0.